The van der Waals surface area contributed by atoms with Gasteiger partial charge in [0.05, 0.1) is 25.3 Å². The van der Waals surface area contributed by atoms with Gasteiger partial charge < -0.3 is 20.9 Å². The second-order valence-corrected chi connectivity index (χ2v) is 11.2. The molecule has 2 amide bonds. The van der Waals surface area contributed by atoms with Crippen LogP contribution >= 0.6 is 0 Å². The Morgan fingerprint density at radius 3 is 2.53 bits per heavy atom. The Balaban J connectivity index is 1.12. The van der Waals surface area contributed by atoms with E-state index in [0.29, 0.717) is 24.2 Å². The molecule has 34 heavy (non-hydrogen) atoms. The summed E-state index contributed by atoms with van der Waals surface area (Å²) in [5.41, 5.74) is 8.90. The van der Waals surface area contributed by atoms with Crippen molar-refractivity contribution in [2.45, 2.75) is 88.9 Å². The molecule has 0 aliphatic carbocycles. The van der Waals surface area contributed by atoms with E-state index >= 15 is 0 Å². The average Bonchev–Trinajstić information content (AvgIpc) is 3.54. The molecule has 10 nitrogen and oxygen atoms in total. The molecule has 5 aliphatic rings. The van der Waals surface area contributed by atoms with Gasteiger partial charge in [-0.3, -0.25) is 24.6 Å². The lowest BCUT2D eigenvalue weighted by Gasteiger charge is -2.40. The predicted molar refractivity (Wildman–Crippen MR) is 126 cm³/mol. The minimum absolute atomic E-state index is 0.0505. The highest BCUT2D eigenvalue weighted by Crippen LogP contribution is 2.25. The molecule has 6 unspecified atom stereocenters. The predicted octanol–water partition coefficient (Wildman–Crippen LogP) is -2.68. The molecule has 5 heterocycles. The number of nitrogens with one attached hydrogen (secondary N) is 3. The highest BCUT2D eigenvalue weighted by atomic mass is 16.7. The molecule has 6 atom stereocenters. The molecule has 0 radical (unpaired) electrons. The van der Waals surface area contributed by atoms with E-state index < -0.39 is 0 Å². The molecule has 192 valence electrons. The Kier molecular flexibility index (Phi) is 7.72. The summed E-state index contributed by atoms with van der Waals surface area (Å²) in [5, 5.41) is 6.31. The quantitative estimate of drug-likeness (QED) is 0.293. The van der Waals surface area contributed by atoms with Crippen LogP contribution in [0, 0.1) is 11.8 Å². The van der Waals surface area contributed by atoms with Crippen LogP contribution in [0.1, 0.15) is 58.3 Å². The number of amides is 2. The number of rotatable bonds is 5. The number of carbonyl (C=O) groups excluding carboxylic acids is 2. The van der Waals surface area contributed by atoms with Crippen LogP contribution in [0.4, 0.5) is 0 Å². The molecule has 5 fully saturated rings. The first-order chi connectivity index (χ1) is 16.5. The lowest BCUT2D eigenvalue weighted by Crippen LogP contribution is -3.19. The van der Waals surface area contributed by atoms with Gasteiger partial charge in [-0.1, -0.05) is 0 Å². The largest absolute Gasteiger partial charge is 0.369 e. The number of nitrogens with zero attached hydrogens (tertiary/aromatic N) is 2. The first-order valence-electron chi connectivity index (χ1n) is 13.6. The van der Waals surface area contributed by atoms with E-state index in [4.69, 9.17) is 10.6 Å². The monoisotopic (exact) mass is 479 g/mol. The first kappa shape index (κ1) is 24.4. The number of hydrogen-bond acceptors (Lipinski definition) is 6. The van der Waals surface area contributed by atoms with Crippen molar-refractivity contribution in [1.82, 2.24) is 20.6 Å². The molecular formula is C24H45N7O3+2. The third kappa shape index (κ3) is 5.27. The Labute approximate surface area is 203 Å². The van der Waals surface area contributed by atoms with E-state index in [1.165, 1.54) is 25.8 Å². The summed E-state index contributed by atoms with van der Waals surface area (Å²) < 4.78 is 0. The van der Waals surface area contributed by atoms with Gasteiger partial charge in [-0.15, -0.1) is 0 Å². The molecule has 0 aromatic rings. The summed E-state index contributed by atoms with van der Waals surface area (Å²) in [4.78, 5) is 35.6. The lowest BCUT2D eigenvalue weighted by molar-refractivity contribution is -0.942. The van der Waals surface area contributed by atoms with E-state index in [9.17, 15) is 9.59 Å². The zero-order chi connectivity index (χ0) is 23.7. The topological polar surface area (TPSA) is 121 Å². The SMILES string of the molecule is CC(=O)N1CCC([NH+]2CCCC2C2NC(C3CC[NH2+]C(N4CCC(C(N)=O)CC4)C3)NO2)CC1. The summed E-state index contributed by atoms with van der Waals surface area (Å²) in [6, 6.07) is 1.11. The molecule has 7 N–H and O–H groups in total. The number of quaternary nitrogens is 2. The second kappa shape index (κ2) is 10.8. The van der Waals surface area contributed by atoms with Crippen molar-refractivity contribution in [3.63, 3.8) is 0 Å². The minimum atomic E-state index is -0.139. The van der Waals surface area contributed by atoms with Gasteiger partial charge in [0, 0.05) is 83.5 Å². The number of primary amides is 1. The van der Waals surface area contributed by atoms with Crippen LogP contribution in [-0.2, 0) is 14.4 Å². The second-order valence-electron chi connectivity index (χ2n) is 11.2. The smallest absolute Gasteiger partial charge is 0.220 e. The number of piperidine rings is 3. The molecule has 5 saturated heterocycles. The summed E-state index contributed by atoms with van der Waals surface area (Å²) >= 11 is 0. The number of hydroxylamine groups is 1. The summed E-state index contributed by atoms with van der Waals surface area (Å²) in [6.07, 6.45) is 9.48. The summed E-state index contributed by atoms with van der Waals surface area (Å²) in [7, 11) is 0. The van der Waals surface area contributed by atoms with Gasteiger partial charge in [-0.2, -0.15) is 5.48 Å². The molecule has 0 aromatic carbocycles. The maximum Gasteiger partial charge on any atom is 0.220 e. The van der Waals surface area contributed by atoms with Gasteiger partial charge in [-0.25, -0.2) is 0 Å². The average molecular weight is 480 g/mol. The highest BCUT2D eigenvalue weighted by Gasteiger charge is 2.46. The number of nitrogens with two attached hydrogens (primary N) is 2. The molecule has 5 aliphatic heterocycles. The van der Waals surface area contributed by atoms with E-state index in [-0.39, 0.29) is 30.1 Å². The van der Waals surface area contributed by atoms with E-state index in [1.54, 1.807) is 11.8 Å². The normalized spacial score (nSPS) is 38.9. The molecule has 0 saturated carbocycles. The fourth-order valence-corrected chi connectivity index (χ4v) is 7.28. The summed E-state index contributed by atoms with van der Waals surface area (Å²) in [6.45, 7) is 7.75. The van der Waals surface area contributed by atoms with Gasteiger partial charge in [0.15, 0.2) is 6.23 Å². The van der Waals surface area contributed by atoms with Crippen LogP contribution in [0.2, 0.25) is 0 Å². The highest BCUT2D eigenvalue weighted by molar-refractivity contribution is 5.76. The van der Waals surface area contributed by atoms with Crippen molar-refractivity contribution >= 4 is 11.8 Å². The van der Waals surface area contributed by atoms with E-state index in [2.05, 4.69) is 21.0 Å². The van der Waals surface area contributed by atoms with Gasteiger partial charge in [0.1, 0.15) is 12.2 Å². The van der Waals surface area contributed by atoms with Crippen LogP contribution in [0.3, 0.4) is 0 Å². The van der Waals surface area contributed by atoms with Gasteiger partial charge in [-0.05, 0) is 12.8 Å². The third-order valence-corrected chi connectivity index (χ3v) is 9.35. The van der Waals surface area contributed by atoms with Crippen LogP contribution in [0.15, 0.2) is 0 Å². The standard InChI is InChI=1S/C24H43N7O3/c1-16(32)29-13-7-19(8-14-29)31-10-2-3-20(31)24-27-23(28-34-24)18-4-9-26-21(15-18)30-11-5-17(6-12-30)22(25)33/h17-21,23-24,26-28H,2-15H2,1H3,(H2,25,33)/p+2. The Bertz CT molecular complexity index is 723. The Morgan fingerprint density at radius 1 is 1.06 bits per heavy atom. The Hall–Kier alpha value is -1.30. The number of carbonyl (C=O) groups is 2. The van der Waals surface area contributed by atoms with Crippen molar-refractivity contribution in [1.29, 1.82) is 0 Å². The minimum Gasteiger partial charge on any atom is -0.369 e. The third-order valence-electron chi connectivity index (χ3n) is 9.35. The van der Waals surface area contributed by atoms with Crippen LogP contribution in [0.5, 0.6) is 0 Å². The maximum absolute atomic E-state index is 11.7. The number of likely N-dealkylation sites (tertiary alicyclic amines) is 3. The van der Waals surface area contributed by atoms with Crippen molar-refractivity contribution < 1.29 is 24.6 Å². The summed E-state index contributed by atoms with van der Waals surface area (Å²) in [5.74, 6) is 0.659. The zero-order valence-corrected chi connectivity index (χ0v) is 20.7. The van der Waals surface area contributed by atoms with Gasteiger partial charge >= 0.3 is 0 Å². The lowest BCUT2D eigenvalue weighted by atomic mass is 9.90. The molecule has 0 spiro atoms. The fourth-order valence-electron chi connectivity index (χ4n) is 7.28. The van der Waals surface area contributed by atoms with Crippen molar-refractivity contribution in [2.24, 2.45) is 17.6 Å². The van der Waals surface area contributed by atoms with Gasteiger partial charge in [0.2, 0.25) is 11.8 Å². The van der Waals surface area contributed by atoms with Crippen molar-refractivity contribution in [2.75, 3.05) is 39.3 Å². The molecule has 5 rings (SSSR count). The maximum atomic E-state index is 11.7. The van der Waals surface area contributed by atoms with Gasteiger partial charge in [0.25, 0.3) is 0 Å². The van der Waals surface area contributed by atoms with Crippen molar-refractivity contribution in [3.8, 4) is 0 Å². The van der Waals surface area contributed by atoms with E-state index in [0.717, 1.165) is 64.8 Å². The van der Waals surface area contributed by atoms with Crippen molar-refractivity contribution in [3.05, 3.63) is 0 Å². The van der Waals surface area contributed by atoms with Crippen LogP contribution < -0.4 is 26.7 Å². The van der Waals surface area contributed by atoms with Crippen LogP contribution in [0.25, 0.3) is 0 Å². The molecule has 10 heteroatoms. The van der Waals surface area contributed by atoms with Crippen LogP contribution in [-0.4, -0.2) is 91.5 Å². The molecular weight excluding hydrogens is 434 g/mol. The zero-order valence-electron chi connectivity index (χ0n) is 20.7. The molecule has 0 bridgehead atoms. The fraction of sp³-hybridized carbons (Fsp3) is 0.917. The first-order valence-corrected chi connectivity index (χ1v) is 13.6. The Morgan fingerprint density at radius 2 is 1.82 bits per heavy atom. The van der Waals surface area contributed by atoms with E-state index in [1.807, 2.05) is 4.90 Å². The molecule has 0 aromatic heterocycles. The number of hydrogen-bond donors (Lipinski definition) is 5.